The first-order chi connectivity index (χ1) is 13.2. The number of primary amides is 1. The van der Waals surface area contributed by atoms with Crippen LogP contribution >= 0.6 is 0 Å². The lowest BCUT2D eigenvalue weighted by atomic mass is 10.1. The van der Waals surface area contributed by atoms with Gasteiger partial charge in [0.25, 0.3) is 0 Å². The van der Waals surface area contributed by atoms with Crippen molar-refractivity contribution in [2.45, 2.75) is 12.2 Å². The molecule has 3 rings (SSSR count). The van der Waals surface area contributed by atoms with Crippen LogP contribution in [-0.2, 0) is 11.0 Å². The van der Waals surface area contributed by atoms with Crippen molar-refractivity contribution in [1.29, 1.82) is 0 Å². The first-order valence-electron chi connectivity index (χ1n) is 7.92. The largest absolute Gasteiger partial charge is 0.433 e. The molecule has 6 nitrogen and oxygen atoms in total. The molecule has 1 atom stereocenters. The number of rotatable bonds is 5. The fourth-order valence-electron chi connectivity index (χ4n) is 2.41. The van der Waals surface area contributed by atoms with Crippen molar-refractivity contribution in [3.05, 3.63) is 71.9 Å². The fourth-order valence-corrected chi connectivity index (χ4v) is 2.41. The summed E-state index contributed by atoms with van der Waals surface area (Å²) in [5, 5.41) is 2.57. The predicted molar refractivity (Wildman–Crippen MR) is 92.2 cm³/mol. The number of amides is 1. The van der Waals surface area contributed by atoms with Crippen molar-refractivity contribution < 1.29 is 22.4 Å². The van der Waals surface area contributed by atoms with Crippen molar-refractivity contribution in [1.82, 2.24) is 15.0 Å². The van der Waals surface area contributed by atoms with Gasteiger partial charge in [-0.15, -0.1) is 0 Å². The normalized spacial score (nSPS) is 12.4. The number of nitrogens with two attached hydrogens (primary N) is 1. The smallest absolute Gasteiger partial charge is 0.368 e. The molecule has 0 aliphatic heterocycles. The fraction of sp³-hybridized carbons (Fsp3) is 0.111. The summed E-state index contributed by atoms with van der Waals surface area (Å²) in [5.41, 5.74) is 4.68. The molecule has 28 heavy (non-hydrogen) atoms. The second-order valence-electron chi connectivity index (χ2n) is 5.73. The number of benzene rings is 1. The van der Waals surface area contributed by atoms with Crippen LogP contribution in [-0.4, -0.2) is 20.9 Å². The van der Waals surface area contributed by atoms with E-state index < -0.39 is 29.6 Å². The Labute approximate surface area is 156 Å². The Morgan fingerprint density at radius 1 is 1.11 bits per heavy atom. The summed E-state index contributed by atoms with van der Waals surface area (Å²) in [4.78, 5) is 23.2. The van der Waals surface area contributed by atoms with E-state index in [0.717, 1.165) is 12.1 Å². The number of halogens is 4. The lowest BCUT2D eigenvalue weighted by Gasteiger charge is -2.18. The number of nitrogens with zero attached hydrogens (tertiary/aromatic N) is 3. The van der Waals surface area contributed by atoms with E-state index in [1.807, 2.05) is 0 Å². The average molecular weight is 391 g/mol. The van der Waals surface area contributed by atoms with E-state index in [-0.39, 0.29) is 22.8 Å². The predicted octanol–water partition coefficient (Wildman–Crippen LogP) is 3.34. The van der Waals surface area contributed by atoms with Gasteiger partial charge in [-0.25, -0.2) is 14.4 Å². The molecule has 0 saturated carbocycles. The van der Waals surface area contributed by atoms with Crippen LogP contribution in [0.15, 0.2) is 54.9 Å². The summed E-state index contributed by atoms with van der Waals surface area (Å²) >= 11 is 0. The van der Waals surface area contributed by atoms with Gasteiger partial charge in [0.05, 0.1) is 0 Å². The third kappa shape index (κ3) is 4.40. The van der Waals surface area contributed by atoms with Crippen LogP contribution in [0, 0.1) is 5.82 Å². The van der Waals surface area contributed by atoms with Gasteiger partial charge < -0.3 is 11.1 Å². The molecule has 0 fully saturated rings. The second-order valence-corrected chi connectivity index (χ2v) is 5.73. The van der Waals surface area contributed by atoms with Crippen molar-refractivity contribution in [3.8, 4) is 11.4 Å². The van der Waals surface area contributed by atoms with Crippen LogP contribution in [0.4, 0.5) is 23.4 Å². The monoisotopic (exact) mass is 391 g/mol. The van der Waals surface area contributed by atoms with Crippen LogP contribution in [0.25, 0.3) is 11.4 Å². The number of carbonyl (C=O) groups excluding carboxylic acids is 1. The lowest BCUT2D eigenvalue weighted by molar-refractivity contribution is -0.141. The van der Waals surface area contributed by atoms with Crippen molar-refractivity contribution in [3.63, 3.8) is 0 Å². The second kappa shape index (κ2) is 7.59. The molecular formula is C18H13F4N5O. The summed E-state index contributed by atoms with van der Waals surface area (Å²) < 4.78 is 52.9. The van der Waals surface area contributed by atoms with Crippen LogP contribution in [0.3, 0.4) is 0 Å². The molecule has 1 unspecified atom stereocenters. The number of alkyl halides is 3. The average Bonchev–Trinajstić information content (AvgIpc) is 2.66. The van der Waals surface area contributed by atoms with Gasteiger partial charge in [-0.1, -0.05) is 12.1 Å². The molecule has 0 radical (unpaired) electrons. The zero-order valence-corrected chi connectivity index (χ0v) is 14.1. The summed E-state index contributed by atoms with van der Waals surface area (Å²) in [7, 11) is 0. The van der Waals surface area contributed by atoms with Crippen LogP contribution in [0.1, 0.15) is 17.3 Å². The van der Waals surface area contributed by atoms with Crippen LogP contribution in [0.5, 0.6) is 0 Å². The zero-order chi connectivity index (χ0) is 20.3. The first-order valence-corrected chi connectivity index (χ1v) is 7.92. The maximum absolute atomic E-state index is 13.3. The molecule has 3 aromatic rings. The van der Waals surface area contributed by atoms with Gasteiger partial charge in [-0.05, 0) is 29.8 Å². The molecule has 10 heteroatoms. The Kier molecular flexibility index (Phi) is 5.21. The highest BCUT2D eigenvalue weighted by atomic mass is 19.4. The van der Waals surface area contributed by atoms with Crippen LogP contribution in [0.2, 0.25) is 0 Å². The third-order valence-electron chi connectivity index (χ3n) is 3.72. The molecule has 2 heterocycles. The summed E-state index contributed by atoms with van der Waals surface area (Å²) in [5.74, 6) is -1.91. The summed E-state index contributed by atoms with van der Waals surface area (Å²) in [6, 6.07) is 7.27. The van der Waals surface area contributed by atoms with E-state index >= 15 is 0 Å². The van der Waals surface area contributed by atoms with E-state index in [9.17, 15) is 22.4 Å². The van der Waals surface area contributed by atoms with Gasteiger partial charge in [0, 0.05) is 24.0 Å². The molecule has 1 aromatic carbocycles. The highest BCUT2D eigenvalue weighted by Gasteiger charge is 2.34. The summed E-state index contributed by atoms with van der Waals surface area (Å²) in [6.45, 7) is 0. The van der Waals surface area contributed by atoms with Gasteiger partial charge in [0.15, 0.2) is 11.5 Å². The Bertz CT molecular complexity index is 978. The molecule has 144 valence electrons. The van der Waals surface area contributed by atoms with Gasteiger partial charge in [-0.3, -0.25) is 9.78 Å². The third-order valence-corrected chi connectivity index (χ3v) is 3.72. The molecule has 0 aliphatic rings. The standard InChI is InChI=1S/C18H13F4N5O/c19-12-5-3-10(4-6-12)15(16(23)28)26-14-8-13(18(20,21)22)25-17(27-14)11-2-1-7-24-9-11/h1-9,15H,(H2,23,28)(H,25,26,27). The molecule has 0 spiro atoms. The van der Waals surface area contributed by atoms with E-state index in [1.54, 1.807) is 0 Å². The number of carbonyl (C=O) groups is 1. The van der Waals surface area contributed by atoms with Crippen LogP contribution < -0.4 is 11.1 Å². The molecule has 0 bridgehead atoms. The number of hydrogen-bond acceptors (Lipinski definition) is 5. The lowest BCUT2D eigenvalue weighted by Crippen LogP contribution is -2.28. The highest BCUT2D eigenvalue weighted by Crippen LogP contribution is 2.31. The molecule has 1 amide bonds. The van der Waals surface area contributed by atoms with E-state index in [4.69, 9.17) is 5.73 Å². The van der Waals surface area contributed by atoms with E-state index in [2.05, 4.69) is 20.3 Å². The number of aromatic nitrogens is 3. The number of nitrogens with one attached hydrogen (secondary N) is 1. The molecule has 0 aliphatic carbocycles. The minimum absolute atomic E-state index is 0.229. The van der Waals surface area contributed by atoms with Crippen molar-refractivity contribution in [2.75, 3.05) is 5.32 Å². The van der Waals surface area contributed by atoms with Gasteiger partial charge in [-0.2, -0.15) is 13.2 Å². The molecular weight excluding hydrogens is 378 g/mol. The zero-order valence-electron chi connectivity index (χ0n) is 14.1. The molecule has 3 N–H and O–H groups in total. The minimum atomic E-state index is -4.74. The summed E-state index contributed by atoms with van der Waals surface area (Å²) in [6.07, 6.45) is -1.98. The van der Waals surface area contributed by atoms with Gasteiger partial charge in [0.2, 0.25) is 5.91 Å². The van der Waals surface area contributed by atoms with E-state index in [0.29, 0.717) is 6.07 Å². The van der Waals surface area contributed by atoms with E-state index in [1.165, 1.54) is 36.7 Å². The molecule has 2 aromatic heterocycles. The topological polar surface area (TPSA) is 93.8 Å². The Morgan fingerprint density at radius 2 is 1.82 bits per heavy atom. The van der Waals surface area contributed by atoms with Gasteiger partial charge in [0.1, 0.15) is 17.7 Å². The maximum atomic E-state index is 13.3. The minimum Gasteiger partial charge on any atom is -0.368 e. The maximum Gasteiger partial charge on any atom is 0.433 e. The number of pyridine rings is 1. The first kappa shape index (κ1) is 19.2. The molecule has 0 saturated heterocycles. The van der Waals surface area contributed by atoms with Gasteiger partial charge >= 0.3 is 6.18 Å². The Morgan fingerprint density at radius 3 is 2.39 bits per heavy atom. The van der Waals surface area contributed by atoms with Crippen molar-refractivity contribution in [2.24, 2.45) is 5.73 Å². The Hall–Kier alpha value is -3.56. The SMILES string of the molecule is NC(=O)C(Nc1cc(C(F)(F)F)nc(-c2cccnc2)n1)c1ccc(F)cc1. The van der Waals surface area contributed by atoms with Crippen molar-refractivity contribution >= 4 is 11.7 Å². The Balaban J connectivity index is 2.04. The highest BCUT2D eigenvalue weighted by molar-refractivity contribution is 5.84. The quantitative estimate of drug-likeness (QED) is 0.651. The number of hydrogen-bond donors (Lipinski definition) is 2. The number of anilines is 1.